The normalized spacial score (nSPS) is 25.1. The summed E-state index contributed by atoms with van der Waals surface area (Å²) in [6.45, 7) is 4.63. The number of hydrogen-bond acceptors (Lipinski definition) is 5. The maximum Gasteiger partial charge on any atom is 0.0758 e. The van der Waals surface area contributed by atoms with Crippen LogP contribution in [-0.4, -0.2) is 9.16 Å². The van der Waals surface area contributed by atoms with Gasteiger partial charge in [0.05, 0.1) is 9.16 Å². The number of benzene rings is 1. The highest BCUT2D eigenvalue weighted by Crippen LogP contribution is 2.57. The van der Waals surface area contributed by atoms with E-state index in [0.29, 0.717) is 4.58 Å². The van der Waals surface area contributed by atoms with Crippen molar-refractivity contribution in [1.29, 1.82) is 0 Å². The maximum absolute atomic E-state index is 2.32. The Balaban J connectivity index is 1.82. The molecule has 0 amide bonds. The molecule has 1 aliphatic heterocycles. The van der Waals surface area contributed by atoms with Crippen molar-refractivity contribution in [3.8, 4) is 0 Å². The Kier molecular flexibility index (Phi) is 7.08. The second-order valence-corrected chi connectivity index (χ2v) is 12.4. The van der Waals surface area contributed by atoms with Crippen molar-refractivity contribution in [2.45, 2.75) is 35.9 Å². The minimum absolute atomic E-state index is 0.673. The monoisotopic (exact) mass is 334 g/mol. The predicted molar refractivity (Wildman–Crippen MR) is 95.1 cm³/mol. The van der Waals surface area contributed by atoms with Crippen molar-refractivity contribution in [3.63, 3.8) is 0 Å². The van der Waals surface area contributed by atoms with Crippen molar-refractivity contribution in [2.24, 2.45) is 5.92 Å². The van der Waals surface area contributed by atoms with Crippen LogP contribution in [0.15, 0.2) is 30.3 Å². The standard InChI is InChI=1S/C13H18S5/c1-10(2)8-12-14-15-13(17-18-16-12)9-11-6-4-3-5-7-11/h3-7,10,12-13H,8-9H2,1-2H3/t12-,13-/m0/s1. The highest BCUT2D eigenvalue weighted by Gasteiger charge is 2.22. The van der Waals surface area contributed by atoms with E-state index < -0.39 is 0 Å². The van der Waals surface area contributed by atoms with E-state index in [0.717, 1.165) is 10.5 Å². The van der Waals surface area contributed by atoms with Crippen molar-refractivity contribution in [3.05, 3.63) is 35.9 Å². The maximum atomic E-state index is 2.32. The van der Waals surface area contributed by atoms with E-state index >= 15 is 0 Å². The first-order chi connectivity index (χ1) is 8.74. The molecule has 1 heterocycles. The van der Waals surface area contributed by atoms with Crippen LogP contribution in [0.5, 0.6) is 0 Å². The average Bonchev–Trinajstić information content (AvgIpc) is 2.56. The molecule has 0 nitrogen and oxygen atoms in total. The van der Waals surface area contributed by atoms with Gasteiger partial charge < -0.3 is 0 Å². The first-order valence-electron chi connectivity index (χ1n) is 6.09. The smallest absolute Gasteiger partial charge is 0.0758 e. The third-order valence-corrected chi connectivity index (χ3v) is 11.9. The highest BCUT2D eigenvalue weighted by molar-refractivity contribution is 9.13. The van der Waals surface area contributed by atoms with Gasteiger partial charge in [-0.05, 0) is 34.1 Å². The molecule has 1 aromatic rings. The second-order valence-electron chi connectivity index (χ2n) is 4.63. The van der Waals surface area contributed by atoms with Gasteiger partial charge in [0.2, 0.25) is 0 Å². The van der Waals surface area contributed by atoms with Crippen LogP contribution in [0.3, 0.4) is 0 Å². The zero-order valence-corrected chi connectivity index (χ0v) is 14.7. The summed E-state index contributed by atoms with van der Waals surface area (Å²) in [4.78, 5) is 0. The van der Waals surface area contributed by atoms with Crippen molar-refractivity contribution >= 4 is 53.0 Å². The average molecular weight is 335 g/mol. The van der Waals surface area contributed by atoms with E-state index in [9.17, 15) is 0 Å². The van der Waals surface area contributed by atoms with Crippen LogP contribution in [0.2, 0.25) is 0 Å². The highest BCUT2D eigenvalue weighted by atomic mass is 33.5. The van der Waals surface area contributed by atoms with Gasteiger partial charge in [0.15, 0.2) is 0 Å². The molecule has 0 radical (unpaired) electrons. The van der Waals surface area contributed by atoms with Crippen LogP contribution in [-0.2, 0) is 6.42 Å². The molecular formula is C13H18S5. The molecule has 0 aliphatic carbocycles. The summed E-state index contributed by atoms with van der Waals surface area (Å²) >= 11 is 0. The lowest BCUT2D eigenvalue weighted by atomic mass is 10.2. The lowest BCUT2D eigenvalue weighted by Gasteiger charge is -2.14. The molecule has 0 N–H and O–H groups in total. The Bertz CT molecular complexity index is 340. The number of hydrogen-bond donors (Lipinski definition) is 0. The van der Waals surface area contributed by atoms with Gasteiger partial charge in [-0.1, -0.05) is 87.4 Å². The second kappa shape index (κ2) is 8.30. The quantitative estimate of drug-likeness (QED) is 0.586. The third kappa shape index (κ3) is 5.53. The fourth-order valence-corrected chi connectivity index (χ4v) is 12.9. The Labute approximate surface area is 130 Å². The summed E-state index contributed by atoms with van der Waals surface area (Å²) < 4.78 is 1.42. The molecule has 1 saturated heterocycles. The predicted octanol–water partition coefficient (Wildman–Crippen LogP) is 6.35. The van der Waals surface area contributed by atoms with Crippen molar-refractivity contribution in [1.82, 2.24) is 0 Å². The summed E-state index contributed by atoms with van der Waals surface area (Å²) in [6, 6.07) is 10.8. The third-order valence-electron chi connectivity index (χ3n) is 2.47. The van der Waals surface area contributed by atoms with E-state index in [1.807, 2.05) is 31.4 Å². The molecule has 1 fully saturated rings. The molecule has 1 aliphatic rings. The summed E-state index contributed by atoms with van der Waals surface area (Å²) in [5, 5.41) is 0. The number of rotatable bonds is 4. The molecule has 0 unspecified atom stereocenters. The molecule has 2 atom stereocenters. The minimum Gasteiger partial charge on any atom is -0.0776 e. The molecule has 0 bridgehead atoms. The van der Waals surface area contributed by atoms with Crippen LogP contribution < -0.4 is 0 Å². The van der Waals surface area contributed by atoms with Crippen LogP contribution in [0.4, 0.5) is 0 Å². The molecule has 1 aromatic carbocycles. The Hall–Kier alpha value is 0.970. The molecule has 18 heavy (non-hydrogen) atoms. The van der Waals surface area contributed by atoms with Crippen LogP contribution in [0.1, 0.15) is 25.8 Å². The molecular weight excluding hydrogens is 316 g/mol. The summed E-state index contributed by atoms with van der Waals surface area (Å²) in [5.41, 5.74) is 1.45. The zero-order chi connectivity index (χ0) is 12.8. The van der Waals surface area contributed by atoms with Gasteiger partial charge in [-0.25, -0.2) is 0 Å². The first kappa shape index (κ1) is 15.4. The van der Waals surface area contributed by atoms with Crippen LogP contribution in [0, 0.1) is 5.92 Å². The van der Waals surface area contributed by atoms with E-state index in [1.54, 1.807) is 0 Å². The Morgan fingerprint density at radius 3 is 2.33 bits per heavy atom. The largest absolute Gasteiger partial charge is 0.0776 e. The minimum atomic E-state index is 0.673. The SMILES string of the molecule is CC(C)C[C@@H]1SSS[C@@H](Cc2ccccc2)SS1. The van der Waals surface area contributed by atoms with Crippen molar-refractivity contribution < 1.29 is 0 Å². The first-order valence-corrected chi connectivity index (χ1v) is 12.0. The van der Waals surface area contributed by atoms with Gasteiger partial charge in [-0.3, -0.25) is 0 Å². The van der Waals surface area contributed by atoms with E-state index in [-0.39, 0.29) is 0 Å². The van der Waals surface area contributed by atoms with E-state index in [2.05, 4.69) is 65.8 Å². The molecule has 0 saturated carbocycles. The van der Waals surface area contributed by atoms with Gasteiger partial charge in [-0.2, -0.15) is 0 Å². The Morgan fingerprint density at radius 2 is 1.61 bits per heavy atom. The molecule has 5 heteroatoms. The fourth-order valence-electron chi connectivity index (χ4n) is 1.60. The molecule has 2 rings (SSSR count). The van der Waals surface area contributed by atoms with E-state index in [1.165, 1.54) is 18.4 Å². The Morgan fingerprint density at radius 1 is 0.944 bits per heavy atom. The van der Waals surface area contributed by atoms with Crippen LogP contribution in [0.25, 0.3) is 0 Å². The zero-order valence-electron chi connectivity index (χ0n) is 10.6. The summed E-state index contributed by atoms with van der Waals surface area (Å²) in [6.07, 6.45) is 2.49. The van der Waals surface area contributed by atoms with Gasteiger partial charge in [0.25, 0.3) is 0 Å². The molecule has 0 spiro atoms. The van der Waals surface area contributed by atoms with Crippen molar-refractivity contribution in [2.75, 3.05) is 0 Å². The van der Waals surface area contributed by atoms with Gasteiger partial charge in [0.1, 0.15) is 0 Å². The molecule has 0 aromatic heterocycles. The molecule has 100 valence electrons. The van der Waals surface area contributed by atoms with E-state index in [4.69, 9.17) is 0 Å². The van der Waals surface area contributed by atoms with Gasteiger partial charge >= 0.3 is 0 Å². The van der Waals surface area contributed by atoms with Crippen LogP contribution >= 0.6 is 53.0 Å². The summed E-state index contributed by atoms with van der Waals surface area (Å²) in [5.74, 6) is 0.798. The lowest BCUT2D eigenvalue weighted by Crippen LogP contribution is -2.00. The van der Waals surface area contributed by atoms with Gasteiger partial charge in [0, 0.05) is 0 Å². The fraction of sp³-hybridized carbons (Fsp3) is 0.538. The topological polar surface area (TPSA) is 0 Å². The van der Waals surface area contributed by atoms with Gasteiger partial charge in [-0.15, -0.1) is 0 Å². The lowest BCUT2D eigenvalue weighted by molar-refractivity contribution is 0.621. The summed E-state index contributed by atoms with van der Waals surface area (Å²) in [7, 11) is 10.2.